The van der Waals surface area contributed by atoms with E-state index in [1.807, 2.05) is 59.4 Å². The van der Waals surface area contributed by atoms with Crippen molar-refractivity contribution < 1.29 is 18.9 Å². The summed E-state index contributed by atoms with van der Waals surface area (Å²) in [6.45, 7) is 1.81. The molecule has 0 bridgehead atoms. The lowest BCUT2D eigenvalue weighted by Crippen LogP contribution is -2.14. The van der Waals surface area contributed by atoms with Gasteiger partial charge in [-0.2, -0.15) is 5.10 Å². The Labute approximate surface area is 215 Å². The van der Waals surface area contributed by atoms with E-state index in [2.05, 4.69) is 17.4 Å². The van der Waals surface area contributed by atoms with Crippen LogP contribution in [0, 0.1) is 0 Å². The first-order valence-corrected chi connectivity index (χ1v) is 12.0. The predicted molar refractivity (Wildman–Crippen MR) is 144 cm³/mol. The van der Waals surface area contributed by atoms with Crippen LogP contribution in [0.15, 0.2) is 66.9 Å². The van der Waals surface area contributed by atoms with Crippen LogP contribution in [-0.4, -0.2) is 43.2 Å². The van der Waals surface area contributed by atoms with Gasteiger partial charge in [0.1, 0.15) is 11.5 Å². The molecule has 0 radical (unpaired) electrons. The molecule has 0 aliphatic rings. The zero-order chi connectivity index (χ0) is 25.8. The number of hydrogen-bond acceptors (Lipinski definition) is 7. The number of rotatable bonds is 10. The minimum atomic E-state index is 0.563. The van der Waals surface area contributed by atoms with Crippen LogP contribution in [0.5, 0.6) is 23.0 Å². The average Bonchev–Trinajstić information content (AvgIpc) is 3.29. The van der Waals surface area contributed by atoms with Crippen LogP contribution in [0.25, 0.3) is 21.8 Å². The summed E-state index contributed by atoms with van der Waals surface area (Å²) in [6, 6.07) is 20.0. The van der Waals surface area contributed by atoms with E-state index in [-0.39, 0.29) is 0 Å². The highest BCUT2D eigenvalue weighted by atomic mass is 16.5. The molecule has 0 saturated carbocycles. The third kappa shape index (κ3) is 5.01. The summed E-state index contributed by atoms with van der Waals surface area (Å²) in [7, 11) is 6.62. The van der Waals surface area contributed by atoms with Gasteiger partial charge < -0.3 is 24.3 Å². The fourth-order valence-electron chi connectivity index (χ4n) is 4.54. The number of fused-ring (bicyclic) bond motifs is 3. The van der Waals surface area contributed by atoms with Gasteiger partial charge in [0.2, 0.25) is 0 Å². The number of methoxy groups -OCH3 is 4. The van der Waals surface area contributed by atoms with E-state index >= 15 is 0 Å². The van der Waals surface area contributed by atoms with Crippen molar-refractivity contribution in [2.24, 2.45) is 0 Å². The van der Waals surface area contributed by atoms with Crippen LogP contribution in [0.4, 0.5) is 0 Å². The zero-order valence-corrected chi connectivity index (χ0v) is 21.4. The monoisotopic (exact) mass is 498 g/mol. The van der Waals surface area contributed by atoms with Crippen LogP contribution in [0.1, 0.15) is 16.8 Å². The second-order valence-electron chi connectivity index (χ2n) is 8.66. The Hall–Kier alpha value is -4.30. The van der Waals surface area contributed by atoms with E-state index in [1.165, 1.54) is 0 Å². The molecule has 0 spiro atoms. The average molecular weight is 499 g/mol. The van der Waals surface area contributed by atoms with Crippen molar-refractivity contribution in [2.45, 2.75) is 19.6 Å². The number of nitrogens with zero attached hydrogens (tertiary/aromatic N) is 3. The first-order valence-electron chi connectivity index (χ1n) is 12.0. The van der Waals surface area contributed by atoms with E-state index in [1.54, 1.807) is 28.4 Å². The van der Waals surface area contributed by atoms with Crippen molar-refractivity contribution in [1.82, 2.24) is 20.1 Å². The molecule has 2 aromatic heterocycles. The first kappa shape index (κ1) is 24.4. The first-order chi connectivity index (χ1) is 18.1. The molecule has 5 rings (SSSR count). The normalized spacial score (nSPS) is 11.1. The summed E-state index contributed by atoms with van der Waals surface area (Å²) >= 11 is 0. The van der Waals surface area contributed by atoms with Crippen molar-refractivity contribution in [3.63, 3.8) is 0 Å². The molecule has 37 heavy (non-hydrogen) atoms. The van der Waals surface area contributed by atoms with E-state index in [9.17, 15) is 0 Å². The van der Waals surface area contributed by atoms with Gasteiger partial charge in [-0.1, -0.05) is 24.3 Å². The molecule has 190 valence electrons. The number of benzene rings is 3. The Morgan fingerprint density at radius 2 is 1.43 bits per heavy atom. The Morgan fingerprint density at radius 1 is 0.757 bits per heavy atom. The summed E-state index contributed by atoms with van der Waals surface area (Å²) in [5, 5.41) is 11.5. The summed E-state index contributed by atoms with van der Waals surface area (Å²) in [4.78, 5) is 4.82. The molecular formula is C29H30N4O4. The number of pyridine rings is 1. The number of hydrogen-bond donors (Lipinski definition) is 1. The van der Waals surface area contributed by atoms with Crippen molar-refractivity contribution in [3.8, 4) is 23.0 Å². The summed E-state index contributed by atoms with van der Waals surface area (Å²) in [5.74, 6) is 2.98. The quantitative estimate of drug-likeness (QED) is 0.292. The van der Waals surface area contributed by atoms with Crippen LogP contribution in [0.2, 0.25) is 0 Å². The number of aromatic nitrogens is 3. The van der Waals surface area contributed by atoms with Gasteiger partial charge in [0, 0.05) is 30.1 Å². The Morgan fingerprint density at radius 3 is 2.14 bits per heavy atom. The Bertz CT molecular complexity index is 1550. The van der Waals surface area contributed by atoms with Crippen LogP contribution in [0.3, 0.4) is 0 Å². The van der Waals surface area contributed by atoms with E-state index in [0.29, 0.717) is 31.1 Å². The molecule has 0 unspecified atom stereocenters. The fraction of sp³-hybridized carbons (Fsp3) is 0.241. The largest absolute Gasteiger partial charge is 0.497 e. The molecule has 0 fully saturated rings. The van der Waals surface area contributed by atoms with Gasteiger partial charge >= 0.3 is 0 Å². The molecule has 0 atom stereocenters. The zero-order valence-electron chi connectivity index (χ0n) is 21.4. The molecule has 0 saturated heterocycles. The van der Waals surface area contributed by atoms with Gasteiger partial charge in [-0.25, -0.2) is 9.67 Å². The molecular weight excluding hydrogens is 468 g/mol. The molecule has 0 aliphatic heterocycles. The lowest BCUT2D eigenvalue weighted by molar-refractivity contribution is 0.356. The molecule has 1 N–H and O–H groups in total. The van der Waals surface area contributed by atoms with Crippen molar-refractivity contribution in [3.05, 3.63) is 83.7 Å². The summed E-state index contributed by atoms with van der Waals surface area (Å²) < 4.78 is 23.8. The van der Waals surface area contributed by atoms with E-state index in [0.717, 1.165) is 50.1 Å². The topological polar surface area (TPSA) is 79.7 Å². The number of ether oxygens (including phenoxy) is 4. The van der Waals surface area contributed by atoms with Gasteiger partial charge in [-0.15, -0.1) is 0 Å². The third-order valence-corrected chi connectivity index (χ3v) is 6.37. The second-order valence-corrected chi connectivity index (χ2v) is 8.66. The van der Waals surface area contributed by atoms with Crippen molar-refractivity contribution in [2.75, 3.05) is 28.4 Å². The van der Waals surface area contributed by atoms with E-state index in [4.69, 9.17) is 29.0 Å². The highest BCUT2D eigenvalue weighted by Gasteiger charge is 2.18. The van der Waals surface area contributed by atoms with Gasteiger partial charge in [0.15, 0.2) is 17.1 Å². The highest BCUT2D eigenvalue weighted by molar-refractivity contribution is 6.07. The smallest absolute Gasteiger partial charge is 0.161 e. The van der Waals surface area contributed by atoms with Gasteiger partial charge in [0.05, 0.1) is 46.1 Å². The maximum atomic E-state index is 5.61. The molecule has 2 heterocycles. The Kier molecular flexibility index (Phi) is 7.09. The maximum absolute atomic E-state index is 5.61. The highest BCUT2D eigenvalue weighted by Crippen LogP contribution is 2.36. The minimum Gasteiger partial charge on any atom is -0.497 e. The Balaban J connectivity index is 1.56. The molecule has 3 aromatic carbocycles. The van der Waals surface area contributed by atoms with Gasteiger partial charge in [0.25, 0.3) is 0 Å². The molecule has 0 amide bonds. The van der Waals surface area contributed by atoms with Crippen molar-refractivity contribution >= 4 is 21.8 Å². The standard InChI is InChI=1S/C29H30N4O4/c1-34-22-9-5-7-19(11-22)15-30-17-25-28-24-14-27(37-4)26(36-3)13-21(24)16-31-29(28)33(32-25)18-20-8-6-10-23(12-20)35-2/h5-14,16,30H,15,17-18H2,1-4H3. The second kappa shape index (κ2) is 10.8. The lowest BCUT2D eigenvalue weighted by atomic mass is 10.1. The lowest BCUT2D eigenvalue weighted by Gasteiger charge is -2.10. The summed E-state index contributed by atoms with van der Waals surface area (Å²) in [6.07, 6.45) is 1.86. The molecule has 8 nitrogen and oxygen atoms in total. The molecule has 0 aliphatic carbocycles. The van der Waals surface area contributed by atoms with Gasteiger partial charge in [-0.3, -0.25) is 0 Å². The molecule has 5 aromatic rings. The summed E-state index contributed by atoms with van der Waals surface area (Å²) in [5.41, 5.74) is 3.93. The van der Waals surface area contributed by atoms with Crippen LogP contribution in [-0.2, 0) is 19.6 Å². The molecule has 8 heteroatoms. The van der Waals surface area contributed by atoms with Gasteiger partial charge in [-0.05, 0) is 47.5 Å². The fourth-order valence-corrected chi connectivity index (χ4v) is 4.54. The number of nitrogens with one attached hydrogen (secondary N) is 1. The minimum absolute atomic E-state index is 0.563. The maximum Gasteiger partial charge on any atom is 0.161 e. The van der Waals surface area contributed by atoms with Crippen LogP contribution >= 0.6 is 0 Å². The van der Waals surface area contributed by atoms with Crippen molar-refractivity contribution in [1.29, 1.82) is 0 Å². The predicted octanol–water partition coefficient (Wildman–Crippen LogP) is 4.96. The third-order valence-electron chi connectivity index (χ3n) is 6.37. The van der Waals surface area contributed by atoms with E-state index < -0.39 is 0 Å². The van der Waals surface area contributed by atoms with Crippen LogP contribution < -0.4 is 24.3 Å². The SMILES string of the molecule is COc1cccc(CNCc2nn(Cc3cccc(OC)c3)c3ncc4cc(OC)c(OC)cc4c23)c1.